The molecule has 0 saturated heterocycles. The minimum Gasteiger partial charge on any atom is -0.476 e. The van der Waals surface area contributed by atoms with Gasteiger partial charge in [-0.25, -0.2) is 24.4 Å². The number of aromatic carboxylic acids is 1. The van der Waals surface area contributed by atoms with E-state index in [1.54, 1.807) is 42.5 Å². The molecule has 0 spiro atoms. The summed E-state index contributed by atoms with van der Waals surface area (Å²) in [6, 6.07) is 30.9. The highest BCUT2D eigenvalue weighted by molar-refractivity contribution is 6.03. The maximum Gasteiger partial charge on any atom is 0.356 e. The Labute approximate surface area is 317 Å². The van der Waals surface area contributed by atoms with Gasteiger partial charge in [-0.3, -0.25) is 14.4 Å². The molecule has 0 aliphatic rings. The van der Waals surface area contributed by atoms with Gasteiger partial charge in [-0.2, -0.15) is 38.0 Å². The number of benzene rings is 4. The lowest BCUT2D eigenvalue weighted by Gasteiger charge is -2.07. The predicted octanol–water partition coefficient (Wildman–Crippen LogP) is 6.58. The van der Waals surface area contributed by atoms with E-state index in [9.17, 15) is 36.7 Å². The fourth-order valence-electron chi connectivity index (χ4n) is 5.35. The highest BCUT2D eigenvalue weighted by Gasteiger charge is 2.15. The Hall–Kier alpha value is -7.96. The van der Waals surface area contributed by atoms with Crippen LogP contribution < -0.4 is 22.2 Å². The van der Waals surface area contributed by atoms with E-state index >= 15 is 0 Å². The van der Waals surface area contributed by atoms with Crippen molar-refractivity contribution in [2.24, 2.45) is 0 Å². The zero-order valence-corrected chi connectivity index (χ0v) is 29.1. The minimum absolute atomic E-state index is 0.113. The summed E-state index contributed by atoms with van der Waals surface area (Å²) in [7, 11) is 0. The van der Waals surface area contributed by atoms with E-state index in [1.165, 1.54) is 6.07 Å². The molecule has 0 radical (unpaired) electrons. The van der Waals surface area contributed by atoms with Crippen molar-refractivity contribution in [2.45, 2.75) is 13.1 Å². The highest BCUT2D eigenvalue weighted by atomic mass is 19.3. The van der Waals surface area contributed by atoms with Gasteiger partial charge < -0.3 is 16.2 Å². The van der Waals surface area contributed by atoms with E-state index in [0.29, 0.717) is 37.9 Å². The molecule has 4 aromatic carbocycles. The number of aromatic amines is 2. The van der Waals surface area contributed by atoms with E-state index in [1.807, 2.05) is 54.6 Å². The number of alkyl halides is 4. The average molecular weight is 781 g/mol. The third-order valence-corrected chi connectivity index (χ3v) is 8.06. The molecule has 0 unspecified atom stereocenters. The van der Waals surface area contributed by atoms with Crippen LogP contribution in [0.4, 0.5) is 28.9 Å². The first-order valence-electron chi connectivity index (χ1n) is 16.5. The second-order valence-corrected chi connectivity index (χ2v) is 11.8. The zero-order valence-electron chi connectivity index (χ0n) is 29.1. The van der Waals surface area contributed by atoms with Crippen LogP contribution in [0.5, 0.6) is 0 Å². The molecule has 1 amide bonds. The molecule has 8 rings (SSSR count). The van der Waals surface area contributed by atoms with Crippen LogP contribution in [0.3, 0.4) is 0 Å². The Morgan fingerprint density at radius 3 is 1.46 bits per heavy atom. The van der Waals surface area contributed by atoms with Crippen molar-refractivity contribution in [3.63, 3.8) is 0 Å². The summed E-state index contributed by atoms with van der Waals surface area (Å²) < 4.78 is 49.3. The van der Waals surface area contributed by atoms with Gasteiger partial charge in [-0.15, -0.1) is 0 Å². The lowest BCUT2D eigenvalue weighted by atomic mass is 10.0. The molecule has 288 valence electrons. The number of nitrogens with zero attached hydrogens (tertiary/aromatic N) is 6. The molecule has 8 aromatic rings. The zero-order chi connectivity index (χ0) is 40.6. The molecule has 0 aliphatic carbocycles. The first kappa shape index (κ1) is 38.8. The van der Waals surface area contributed by atoms with Crippen LogP contribution in [-0.4, -0.2) is 56.9 Å². The maximum absolute atomic E-state index is 12.6. The number of anilines is 2. The van der Waals surface area contributed by atoms with Gasteiger partial charge in [0.05, 0.1) is 22.2 Å². The standard InChI is InChI=1S/C19H13F2N5O2.C14H11N3O.C5H4F2N2O2/c20-19(21)26-10-9-15(25-26)18(28)22-12-7-5-11(6-8-12)16-13-3-1-2-4-14(13)17(27)24-23-16;15-10-7-5-9(6-8-10)13-11-3-1-2-4-12(11)14(18)17-16-13;6-5(7)9-2-1-3(8-9)4(10)11/h1-10,19H,(H,22,28)(H,24,27);1-8H,15H2,(H,17,18);1-2,5H,(H,10,11). The van der Waals surface area contributed by atoms with Crippen molar-refractivity contribution in [1.82, 2.24) is 40.0 Å². The van der Waals surface area contributed by atoms with Crippen LogP contribution in [-0.2, 0) is 0 Å². The number of carboxylic acids is 1. The summed E-state index contributed by atoms with van der Waals surface area (Å²) in [5, 5.41) is 33.4. The minimum atomic E-state index is -2.81. The Bertz CT molecular complexity index is 2800. The van der Waals surface area contributed by atoms with Gasteiger partial charge in [0.1, 0.15) is 0 Å². The summed E-state index contributed by atoms with van der Waals surface area (Å²) in [6.45, 7) is -5.59. The second kappa shape index (κ2) is 17.0. The van der Waals surface area contributed by atoms with E-state index in [4.69, 9.17) is 10.8 Å². The number of rotatable bonds is 7. The molecule has 19 heteroatoms. The molecular formula is C38H28F4N10O5. The lowest BCUT2D eigenvalue weighted by Crippen LogP contribution is -2.13. The summed E-state index contributed by atoms with van der Waals surface area (Å²) >= 11 is 0. The van der Waals surface area contributed by atoms with Gasteiger partial charge in [0, 0.05) is 45.7 Å². The van der Waals surface area contributed by atoms with Crippen molar-refractivity contribution < 1.29 is 32.3 Å². The van der Waals surface area contributed by atoms with Crippen molar-refractivity contribution in [2.75, 3.05) is 11.1 Å². The number of nitrogen functional groups attached to an aromatic ring is 1. The normalized spacial score (nSPS) is 10.8. The largest absolute Gasteiger partial charge is 0.476 e. The molecule has 0 fully saturated rings. The van der Waals surface area contributed by atoms with Crippen molar-refractivity contribution in [3.8, 4) is 22.5 Å². The summed E-state index contributed by atoms with van der Waals surface area (Å²) in [5.74, 6) is -1.91. The SMILES string of the molecule is Nc1ccc(-c2n[nH]c(=O)c3ccccc23)cc1.O=C(Nc1ccc(-c2n[nH]c(=O)c3ccccc23)cc1)c1ccn(C(F)F)n1.O=C(O)c1ccn(C(F)F)n1. The third kappa shape index (κ3) is 9.06. The smallest absolute Gasteiger partial charge is 0.356 e. The van der Waals surface area contributed by atoms with Gasteiger partial charge in [0.2, 0.25) is 0 Å². The van der Waals surface area contributed by atoms with Gasteiger partial charge in [-0.05, 0) is 48.5 Å². The van der Waals surface area contributed by atoms with Crippen LogP contribution >= 0.6 is 0 Å². The predicted molar refractivity (Wildman–Crippen MR) is 202 cm³/mol. The van der Waals surface area contributed by atoms with Crippen molar-refractivity contribution >= 4 is 44.8 Å². The number of nitrogens with two attached hydrogens (primary N) is 1. The molecule has 4 heterocycles. The fourth-order valence-corrected chi connectivity index (χ4v) is 5.35. The number of fused-ring (bicyclic) bond motifs is 2. The molecule has 15 nitrogen and oxygen atoms in total. The number of hydrogen-bond acceptors (Lipinski definition) is 9. The highest BCUT2D eigenvalue weighted by Crippen LogP contribution is 2.26. The fraction of sp³-hybridized carbons (Fsp3) is 0.0526. The number of halogens is 4. The monoisotopic (exact) mass is 780 g/mol. The van der Waals surface area contributed by atoms with Gasteiger partial charge >= 0.3 is 19.1 Å². The van der Waals surface area contributed by atoms with E-state index in [-0.39, 0.29) is 27.2 Å². The van der Waals surface area contributed by atoms with Crippen LogP contribution in [0.1, 0.15) is 34.1 Å². The van der Waals surface area contributed by atoms with E-state index in [2.05, 4.69) is 35.9 Å². The van der Waals surface area contributed by atoms with Crippen molar-refractivity contribution in [1.29, 1.82) is 0 Å². The third-order valence-electron chi connectivity index (χ3n) is 8.06. The van der Waals surface area contributed by atoms with E-state index in [0.717, 1.165) is 40.7 Å². The molecule has 0 aliphatic heterocycles. The number of carbonyl (C=O) groups excluding carboxylic acids is 1. The number of aromatic nitrogens is 8. The number of hydrogen-bond donors (Lipinski definition) is 5. The number of nitrogens with one attached hydrogen (secondary N) is 3. The molecule has 4 aromatic heterocycles. The van der Waals surface area contributed by atoms with Crippen LogP contribution in [0.2, 0.25) is 0 Å². The number of H-pyrrole nitrogens is 2. The first-order valence-corrected chi connectivity index (χ1v) is 16.5. The molecule has 0 saturated carbocycles. The van der Waals surface area contributed by atoms with Crippen LogP contribution in [0, 0.1) is 0 Å². The van der Waals surface area contributed by atoms with E-state index < -0.39 is 25.0 Å². The molecule has 0 bridgehead atoms. The maximum atomic E-state index is 12.6. The first-order chi connectivity index (χ1) is 27.4. The average Bonchev–Trinajstić information content (AvgIpc) is 3.93. The quantitative estimate of drug-likeness (QED) is 0.0864. The van der Waals surface area contributed by atoms with Gasteiger partial charge in [0.25, 0.3) is 17.0 Å². The Morgan fingerprint density at radius 1 is 0.614 bits per heavy atom. The summed E-state index contributed by atoms with van der Waals surface area (Å²) in [5.41, 5.74) is 8.91. The second-order valence-electron chi connectivity index (χ2n) is 11.8. The molecular weight excluding hydrogens is 752 g/mol. The van der Waals surface area contributed by atoms with Crippen molar-refractivity contribution in [3.05, 3.63) is 154 Å². The number of carboxylic acid groups (broad SMARTS) is 1. The number of carbonyl (C=O) groups is 2. The number of amides is 1. The van der Waals surface area contributed by atoms with Gasteiger partial charge in [-0.1, -0.05) is 60.7 Å². The Balaban J connectivity index is 0.000000161. The molecule has 6 N–H and O–H groups in total. The summed E-state index contributed by atoms with van der Waals surface area (Å²) in [6.07, 6.45) is 1.95. The summed E-state index contributed by atoms with van der Waals surface area (Å²) in [4.78, 5) is 45.8. The Kier molecular flexibility index (Phi) is 11.6. The van der Waals surface area contributed by atoms with Crippen LogP contribution in [0.15, 0.2) is 131 Å². The van der Waals surface area contributed by atoms with Gasteiger partial charge in [0.15, 0.2) is 11.4 Å². The van der Waals surface area contributed by atoms with Crippen LogP contribution in [0.25, 0.3) is 44.1 Å². The molecule has 0 atom stereocenters. The Morgan fingerprint density at radius 2 is 1.04 bits per heavy atom. The lowest BCUT2D eigenvalue weighted by molar-refractivity contribution is 0.0542. The topological polar surface area (TPSA) is 220 Å². The molecule has 57 heavy (non-hydrogen) atoms.